The van der Waals surface area contributed by atoms with E-state index in [9.17, 15) is 4.21 Å². The van der Waals surface area contributed by atoms with E-state index >= 15 is 0 Å². The fourth-order valence-electron chi connectivity index (χ4n) is 2.33. The number of hydrogen-bond acceptors (Lipinski definition) is 3. The summed E-state index contributed by atoms with van der Waals surface area (Å²) in [6, 6.07) is 11.9. The molecule has 0 amide bonds. The van der Waals surface area contributed by atoms with Gasteiger partial charge in [0.15, 0.2) is 0 Å². The molecule has 0 spiro atoms. The Morgan fingerprint density at radius 1 is 1.00 bits per heavy atom. The molecule has 22 heavy (non-hydrogen) atoms. The molecule has 5 heteroatoms. The van der Waals surface area contributed by atoms with Crippen LogP contribution in [0.5, 0.6) is 0 Å². The minimum absolute atomic E-state index is 0.454. The lowest BCUT2D eigenvalue weighted by Gasteiger charge is -2.10. The average molecular weight is 311 g/mol. The minimum atomic E-state index is -1.22. The molecule has 1 aromatic carbocycles. The van der Waals surface area contributed by atoms with E-state index in [0.29, 0.717) is 10.9 Å². The highest BCUT2D eigenvalue weighted by Gasteiger charge is 2.15. The van der Waals surface area contributed by atoms with Crippen molar-refractivity contribution in [3.05, 3.63) is 71.7 Å². The predicted octanol–water partition coefficient (Wildman–Crippen LogP) is 3.19. The van der Waals surface area contributed by atoms with Gasteiger partial charge in [0.1, 0.15) is 5.82 Å². The second-order valence-electron chi connectivity index (χ2n) is 5.14. The highest BCUT2D eigenvalue weighted by atomic mass is 32.2. The molecule has 0 bridgehead atoms. The van der Waals surface area contributed by atoms with Crippen LogP contribution in [0.1, 0.15) is 16.7 Å². The number of benzene rings is 1. The third-order valence-corrected chi connectivity index (χ3v) is 4.85. The molecule has 0 aliphatic heterocycles. The van der Waals surface area contributed by atoms with E-state index < -0.39 is 10.8 Å². The molecule has 0 fully saturated rings. The van der Waals surface area contributed by atoms with E-state index in [2.05, 4.69) is 9.97 Å². The number of hydrogen-bond donors (Lipinski definition) is 0. The van der Waals surface area contributed by atoms with Crippen molar-refractivity contribution in [3.63, 3.8) is 0 Å². The molecule has 0 aliphatic carbocycles. The Balaban J connectivity index is 1.94. The van der Waals surface area contributed by atoms with Gasteiger partial charge in [-0.25, -0.2) is 9.97 Å². The van der Waals surface area contributed by atoms with E-state index in [1.807, 2.05) is 54.8 Å². The van der Waals surface area contributed by atoms with E-state index in [1.165, 1.54) is 0 Å². The number of pyridine rings is 1. The normalized spacial score (nSPS) is 12.3. The van der Waals surface area contributed by atoms with Crippen molar-refractivity contribution < 1.29 is 4.21 Å². The van der Waals surface area contributed by atoms with E-state index in [1.54, 1.807) is 18.6 Å². The smallest absolute Gasteiger partial charge is 0.205 e. The summed E-state index contributed by atoms with van der Waals surface area (Å²) in [5, 5.41) is 0.532. The summed E-state index contributed by atoms with van der Waals surface area (Å²) < 4.78 is 14.5. The molecule has 0 N–H and O–H groups in total. The summed E-state index contributed by atoms with van der Waals surface area (Å²) >= 11 is 0. The SMILES string of the molecule is Cc1ccccc1CS(=O)c1nccn1-c1ncccc1C. The lowest BCUT2D eigenvalue weighted by Crippen LogP contribution is -2.08. The second-order valence-corrected chi connectivity index (χ2v) is 6.48. The van der Waals surface area contributed by atoms with Gasteiger partial charge in [-0.05, 0) is 36.6 Å². The zero-order valence-corrected chi connectivity index (χ0v) is 13.4. The van der Waals surface area contributed by atoms with Crippen molar-refractivity contribution in [2.45, 2.75) is 24.8 Å². The number of aryl methyl sites for hydroxylation is 2. The van der Waals surface area contributed by atoms with Crippen LogP contribution < -0.4 is 0 Å². The van der Waals surface area contributed by atoms with Crippen molar-refractivity contribution in [1.29, 1.82) is 0 Å². The monoisotopic (exact) mass is 311 g/mol. The molecule has 112 valence electrons. The highest BCUT2D eigenvalue weighted by Crippen LogP contribution is 2.18. The lowest BCUT2D eigenvalue weighted by atomic mass is 10.1. The van der Waals surface area contributed by atoms with Gasteiger partial charge in [0.25, 0.3) is 0 Å². The second kappa shape index (κ2) is 6.23. The molecular weight excluding hydrogens is 294 g/mol. The lowest BCUT2D eigenvalue weighted by molar-refractivity contribution is 0.671. The molecule has 0 aliphatic rings. The Hall–Kier alpha value is -2.27. The van der Waals surface area contributed by atoms with E-state index in [4.69, 9.17) is 0 Å². The van der Waals surface area contributed by atoms with Gasteiger partial charge in [0, 0.05) is 18.6 Å². The zero-order chi connectivity index (χ0) is 15.5. The van der Waals surface area contributed by atoms with E-state index in [0.717, 1.165) is 22.5 Å². The Kier molecular flexibility index (Phi) is 4.15. The van der Waals surface area contributed by atoms with Crippen LogP contribution in [-0.2, 0) is 16.6 Å². The Morgan fingerprint density at radius 2 is 1.77 bits per heavy atom. The van der Waals surface area contributed by atoms with Gasteiger partial charge in [-0.2, -0.15) is 0 Å². The molecule has 2 aromatic heterocycles. The fraction of sp³-hybridized carbons (Fsp3) is 0.176. The Labute approximate surface area is 132 Å². The first-order valence-electron chi connectivity index (χ1n) is 7.05. The number of rotatable bonds is 4. The van der Waals surface area contributed by atoms with Gasteiger partial charge < -0.3 is 0 Å². The average Bonchev–Trinajstić information content (AvgIpc) is 2.99. The van der Waals surface area contributed by atoms with Gasteiger partial charge in [-0.3, -0.25) is 8.78 Å². The van der Waals surface area contributed by atoms with Crippen LogP contribution in [0.25, 0.3) is 5.82 Å². The topological polar surface area (TPSA) is 47.8 Å². The van der Waals surface area contributed by atoms with Crippen LogP contribution in [0.3, 0.4) is 0 Å². The fourth-order valence-corrected chi connectivity index (χ4v) is 3.61. The first-order chi connectivity index (χ1) is 10.7. The molecule has 0 radical (unpaired) electrons. The van der Waals surface area contributed by atoms with Crippen molar-refractivity contribution >= 4 is 10.8 Å². The van der Waals surface area contributed by atoms with Gasteiger partial charge >= 0.3 is 0 Å². The molecule has 0 saturated carbocycles. The van der Waals surface area contributed by atoms with Crippen molar-refractivity contribution in [3.8, 4) is 5.82 Å². The van der Waals surface area contributed by atoms with Gasteiger partial charge in [0.05, 0.1) is 16.6 Å². The van der Waals surface area contributed by atoms with Crippen LogP contribution in [0, 0.1) is 13.8 Å². The Morgan fingerprint density at radius 3 is 2.55 bits per heavy atom. The maximum absolute atomic E-state index is 12.7. The maximum Gasteiger partial charge on any atom is 0.205 e. The largest absolute Gasteiger partial charge is 0.277 e. The van der Waals surface area contributed by atoms with Crippen LogP contribution in [0.2, 0.25) is 0 Å². The summed E-state index contributed by atoms with van der Waals surface area (Å²) in [5.41, 5.74) is 3.24. The number of nitrogens with zero attached hydrogens (tertiary/aromatic N) is 3. The summed E-state index contributed by atoms with van der Waals surface area (Å²) in [4.78, 5) is 8.66. The molecule has 3 aromatic rings. The van der Waals surface area contributed by atoms with Gasteiger partial charge in [0.2, 0.25) is 5.16 Å². The third-order valence-electron chi connectivity index (χ3n) is 3.57. The van der Waals surface area contributed by atoms with Crippen LogP contribution in [0.4, 0.5) is 0 Å². The summed E-state index contributed by atoms with van der Waals surface area (Å²) in [6.07, 6.45) is 5.20. The standard InChI is InChI=1S/C17H17N3OS/c1-13-6-3-4-8-15(13)12-22(21)17-19-10-11-20(17)16-14(2)7-5-9-18-16/h3-11H,12H2,1-2H3. The Bertz CT molecular complexity index is 826. The van der Waals surface area contributed by atoms with Gasteiger partial charge in [-0.1, -0.05) is 30.3 Å². The quantitative estimate of drug-likeness (QED) is 0.743. The summed E-state index contributed by atoms with van der Waals surface area (Å²) in [5.74, 6) is 1.23. The molecule has 2 heterocycles. The number of aromatic nitrogens is 3. The third kappa shape index (κ3) is 2.85. The first-order valence-corrected chi connectivity index (χ1v) is 8.37. The molecule has 4 nitrogen and oxygen atoms in total. The minimum Gasteiger partial charge on any atom is -0.277 e. The first kappa shape index (κ1) is 14.7. The molecule has 0 saturated heterocycles. The molecule has 1 atom stereocenters. The maximum atomic E-state index is 12.7. The molecule has 1 unspecified atom stereocenters. The van der Waals surface area contributed by atoms with Crippen molar-refractivity contribution in [1.82, 2.24) is 14.5 Å². The van der Waals surface area contributed by atoms with Crippen LogP contribution in [0.15, 0.2) is 60.1 Å². The van der Waals surface area contributed by atoms with Gasteiger partial charge in [-0.15, -0.1) is 0 Å². The summed E-state index contributed by atoms with van der Waals surface area (Å²) in [7, 11) is -1.22. The molecule has 3 rings (SSSR count). The van der Waals surface area contributed by atoms with Crippen LogP contribution >= 0.6 is 0 Å². The molecular formula is C17H17N3OS. The van der Waals surface area contributed by atoms with Crippen molar-refractivity contribution in [2.24, 2.45) is 0 Å². The van der Waals surface area contributed by atoms with Crippen LogP contribution in [-0.4, -0.2) is 18.7 Å². The number of imidazole rings is 1. The highest BCUT2D eigenvalue weighted by molar-refractivity contribution is 7.84. The van der Waals surface area contributed by atoms with Crippen molar-refractivity contribution in [2.75, 3.05) is 0 Å². The summed E-state index contributed by atoms with van der Waals surface area (Å²) in [6.45, 7) is 4.01. The van der Waals surface area contributed by atoms with E-state index in [-0.39, 0.29) is 0 Å². The predicted molar refractivity (Wildman–Crippen MR) is 87.4 cm³/mol. The zero-order valence-electron chi connectivity index (χ0n) is 12.6.